The molecular weight excluding hydrogens is 278 g/mol. The Hall–Kier alpha value is -2.80. The van der Waals surface area contributed by atoms with Crippen molar-refractivity contribution in [1.29, 1.82) is 0 Å². The lowest BCUT2D eigenvalue weighted by Gasteiger charge is -2.29. The molecule has 0 fully saturated rings. The summed E-state index contributed by atoms with van der Waals surface area (Å²) >= 11 is 0. The van der Waals surface area contributed by atoms with Gasteiger partial charge >= 0.3 is 0 Å². The first-order valence-electron chi connectivity index (χ1n) is 7.84. The average molecular weight is 299 g/mol. The second-order valence-electron chi connectivity index (χ2n) is 5.72. The van der Waals surface area contributed by atoms with E-state index in [2.05, 4.69) is 98.1 Å². The van der Waals surface area contributed by atoms with Crippen LogP contribution in [0.15, 0.2) is 85.4 Å². The molecule has 0 bridgehead atoms. The zero-order chi connectivity index (χ0) is 16.2. The number of anilines is 2. The molecule has 3 aromatic rings. The van der Waals surface area contributed by atoms with E-state index in [1.807, 2.05) is 6.07 Å². The Balaban J connectivity index is 2.15. The number of para-hydroxylation sites is 2. The molecule has 0 saturated carbocycles. The molecule has 0 aliphatic carbocycles. The Kier molecular flexibility index (Phi) is 4.29. The fraction of sp³-hybridized carbons (Fsp3) is 0.0909. The van der Waals surface area contributed by atoms with Crippen LogP contribution in [0.1, 0.15) is 16.7 Å². The first-order chi connectivity index (χ1) is 11.2. The molecule has 0 unspecified atom stereocenters. The number of hydrogen-bond donors (Lipinski definition) is 0. The van der Waals surface area contributed by atoms with Crippen LogP contribution in [-0.4, -0.2) is 0 Å². The zero-order valence-electron chi connectivity index (χ0n) is 13.7. The van der Waals surface area contributed by atoms with Crippen molar-refractivity contribution in [2.75, 3.05) is 4.90 Å². The lowest BCUT2D eigenvalue weighted by atomic mass is 10.0. The van der Waals surface area contributed by atoms with Gasteiger partial charge in [0, 0.05) is 22.6 Å². The van der Waals surface area contributed by atoms with E-state index < -0.39 is 0 Å². The minimum atomic E-state index is 0.989. The number of hydrogen-bond acceptors (Lipinski definition) is 1. The first kappa shape index (κ1) is 15.1. The number of rotatable bonds is 4. The predicted molar refractivity (Wildman–Crippen MR) is 100.0 cm³/mol. The third-order valence-corrected chi connectivity index (χ3v) is 4.10. The third-order valence-electron chi connectivity index (χ3n) is 4.10. The molecule has 0 heterocycles. The van der Waals surface area contributed by atoms with Crippen LogP contribution in [-0.2, 0) is 0 Å². The quantitative estimate of drug-likeness (QED) is 0.561. The topological polar surface area (TPSA) is 3.24 Å². The molecule has 1 nitrogen and oxygen atoms in total. The molecule has 0 spiro atoms. The van der Waals surface area contributed by atoms with Crippen LogP contribution in [0.3, 0.4) is 0 Å². The molecule has 0 radical (unpaired) electrons. The molecule has 1 heteroatoms. The van der Waals surface area contributed by atoms with E-state index in [4.69, 9.17) is 0 Å². The van der Waals surface area contributed by atoms with Gasteiger partial charge in [-0.1, -0.05) is 67.2 Å². The van der Waals surface area contributed by atoms with E-state index in [0.29, 0.717) is 0 Å². The molecule has 0 atom stereocenters. The summed E-state index contributed by atoms with van der Waals surface area (Å²) in [6, 6.07) is 27.2. The molecule has 23 heavy (non-hydrogen) atoms. The highest BCUT2D eigenvalue weighted by Crippen LogP contribution is 2.36. The smallest absolute Gasteiger partial charge is 0.0490 e. The second-order valence-corrected chi connectivity index (χ2v) is 5.72. The van der Waals surface area contributed by atoms with Gasteiger partial charge in [-0.15, -0.1) is 0 Å². The van der Waals surface area contributed by atoms with E-state index in [9.17, 15) is 0 Å². The van der Waals surface area contributed by atoms with Crippen LogP contribution >= 0.6 is 0 Å². The summed E-state index contributed by atoms with van der Waals surface area (Å²) in [5, 5.41) is 0. The van der Waals surface area contributed by atoms with Crippen molar-refractivity contribution >= 4 is 17.1 Å². The zero-order valence-corrected chi connectivity index (χ0v) is 13.7. The second kappa shape index (κ2) is 6.53. The van der Waals surface area contributed by atoms with Crippen molar-refractivity contribution < 1.29 is 0 Å². The summed E-state index contributed by atoms with van der Waals surface area (Å²) in [5.74, 6) is 0. The van der Waals surface area contributed by atoms with E-state index in [1.165, 1.54) is 16.7 Å². The minimum Gasteiger partial charge on any atom is -0.310 e. The fourth-order valence-electron chi connectivity index (χ4n) is 2.85. The molecule has 0 saturated heterocycles. The van der Waals surface area contributed by atoms with Crippen LogP contribution in [0, 0.1) is 13.8 Å². The van der Waals surface area contributed by atoms with Gasteiger partial charge in [0.15, 0.2) is 0 Å². The van der Waals surface area contributed by atoms with Gasteiger partial charge in [-0.2, -0.15) is 0 Å². The highest BCUT2D eigenvalue weighted by Gasteiger charge is 2.17. The van der Waals surface area contributed by atoms with Gasteiger partial charge in [-0.05, 0) is 43.2 Å². The summed E-state index contributed by atoms with van der Waals surface area (Å²) in [6.07, 6.45) is 0. The average Bonchev–Trinajstić information content (AvgIpc) is 2.58. The van der Waals surface area contributed by atoms with Crippen molar-refractivity contribution in [3.8, 4) is 0 Å². The number of nitrogens with zero attached hydrogens (tertiary/aromatic N) is 1. The highest BCUT2D eigenvalue weighted by atomic mass is 15.1. The van der Waals surface area contributed by atoms with Crippen LogP contribution in [0.4, 0.5) is 11.4 Å². The van der Waals surface area contributed by atoms with Gasteiger partial charge < -0.3 is 4.90 Å². The van der Waals surface area contributed by atoms with Crippen LogP contribution in [0.2, 0.25) is 0 Å². The molecule has 0 amide bonds. The highest BCUT2D eigenvalue weighted by molar-refractivity contribution is 5.88. The molecule has 0 aliphatic rings. The molecule has 0 aromatic heterocycles. The van der Waals surface area contributed by atoms with E-state index in [0.717, 1.165) is 17.1 Å². The van der Waals surface area contributed by atoms with E-state index in [-0.39, 0.29) is 0 Å². The minimum absolute atomic E-state index is 0.989. The van der Waals surface area contributed by atoms with Gasteiger partial charge in [0.1, 0.15) is 0 Å². The van der Waals surface area contributed by atoms with Crippen molar-refractivity contribution in [2.45, 2.75) is 13.8 Å². The molecule has 3 rings (SSSR count). The predicted octanol–water partition coefficient (Wildman–Crippen LogP) is 6.11. The maximum absolute atomic E-state index is 4.41. The van der Waals surface area contributed by atoms with Gasteiger partial charge in [-0.3, -0.25) is 0 Å². The standard InChI is InChI=1S/C22H21N/c1-17-11-7-9-15-21(17)19(3)23(20-13-5-4-6-14-20)22-16-10-8-12-18(22)2/h4-16H,3H2,1-2H3. The lowest BCUT2D eigenvalue weighted by molar-refractivity contribution is 1.25. The summed E-state index contributed by atoms with van der Waals surface area (Å²) in [7, 11) is 0. The Morgan fingerprint density at radius 2 is 1.26 bits per heavy atom. The SMILES string of the molecule is C=C(c1ccccc1C)N(c1ccccc1)c1ccccc1C. The molecule has 0 aliphatic heterocycles. The summed E-state index contributed by atoms with van der Waals surface area (Å²) in [6.45, 7) is 8.67. The fourth-order valence-corrected chi connectivity index (χ4v) is 2.85. The van der Waals surface area contributed by atoms with Crippen molar-refractivity contribution in [3.63, 3.8) is 0 Å². The van der Waals surface area contributed by atoms with Gasteiger partial charge in [0.2, 0.25) is 0 Å². The van der Waals surface area contributed by atoms with Gasteiger partial charge in [0.05, 0.1) is 0 Å². The van der Waals surface area contributed by atoms with E-state index in [1.54, 1.807) is 0 Å². The maximum Gasteiger partial charge on any atom is 0.0490 e. The molecular formula is C22H21N. The molecule has 3 aromatic carbocycles. The van der Waals surface area contributed by atoms with Gasteiger partial charge in [-0.25, -0.2) is 0 Å². The lowest BCUT2D eigenvalue weighted by Crippen LogP contribution is -2.16. The monoisotopic (exact) mass is 299 g/mol. The van der Waals surface area contributed by atoms with Crippen molar-refractivity contribution in [3.05, 3.63) is 102 Å². The first-order valence-corrected chi connectivity index (χ1v) is 7.84. The Bertz CT molecular complexity index is 818. The largest absolute Gasteiger partial charge is 0.310 e. The van der Waals surface area contributed by atoms with Crippen molar-refractivity contribution in [2.24, 2.45) is 0 Å². The van der Waals surface area contributed by atoms with Gasteiger partial charge in [0.25, 0.3) is 0 Å². The summed E-state index contributed by atoms with van der Waals surface area (Å²) < 4.78 is 0. The summed E-state index contributed by atoms with van der Waals surface area (Å²) in [4.78, 5) is 2.23. The van der Waals surface area contributed by atoms with Crippen LogP contribution in [0.5, 0.6) is 0 Å². The Morgan fingerprint density at radius 1 is 0.696 bits per heavy atom. The maximum atomic E-state index is 4.41. The third kappa shape index (κ3) is 3.04. The number of benzene rings is 3. The van der Waals surface area contributed by atoms with Crippen LogP contribution in [0.25, 0.3) is 5.70 Å². The molecule has 0 N–H and O–H groups in total. The Morgan fingerprint density at radius 3 is 1.91 bits per heavy atom. The number of aryl methyl sites for hydroxylation is 2. The Labute approximate surface area is 138 Å². The normalized spacial score (nSPS) is 10.3. The van der Waals surface area contributed by atoms with Crippen molar-refractivity contribution in [1.82, 2.24) is 0 Å². The summed E-state index contributed by atoms with van der Waals surface area (Å²) in [5.41, 5.74) is 6.89. The van der Waals surface area contributed by atoms with E-state index >= 15 is 0 Å². The van der Waals surface area contributed by atoms with Crippen LogP contribution < -0.4 is 4.90 Å². The molecule has 114 valence electrons.